The predicted molar refractivity (Wildman–Crippen MR) is 111 cm³/mol. The van der Waals surface area contributed by atoms with Crippen molar-refractivity contribution in [2.24, 2.45) is 0 Å². The zero-order valence-electron chi connectivity index (χ0n) is 16.6. The van der Waals surface area contributed by atoms with Crippen molar-refractivity contribution in [3.05, 3.63) is 59.7 Å². The van der Waals surface area contributed by atoms with E-state index in [1.165, 1.54) is 0 Å². The molecule has 2 aromatic rings. The number of nitrogens with one attached hydrogen (secondary N) is 2. The number of rotatable bonds is 11. The van der Waals surface area contributed by atoms with Crippen molar-refractivity contribution in [2.45, 2.75) is 27.3 Å². The average Bonchev–Trinajstić information content (AvgIpc) is 2.69. The lowest BCUT2D eigenvalue weighted by Gasteiger charge is -2.18. The number of anilines is 1. The van der Waals surface area contributed by atoms with Crippen LogP contribution in [0.5, 0.6) is 5.75 Å². The molecule has 0 unspecified atom stereocenters. The van der Waals surface area contributed by atoms with E-state index in [0.717, 1.165) is 49.5 Å². The SMILES string of the molecule is CCN(CC)CCNCc1cccc(OCC(=O)Nc2ccc(C)cc2)c1. The summed E-state index contributed by atoms with van der Waals surface area (Å²) in [7, 11) is 0. The Morgan fingerprint density at radius 3 is 2.52 bits per heavy atom. The van der Waals surface area contributed by atoms with Gasteiger partial charge in [-0.3, -0.25) is 4.79 Å². The summed E-state index contributed by atoms with van der Waals surface area (Å²) in [5.74, 6) is 0.540. The molecule has 0 bridgehead atoms. The van der Waals surface area contributed by atoms with Crippen LogP contribution in [0.15, 0.2) is 48.5 Å². The van der Waals surface area contributed by atoms with E-state index in [2.05, 4.69) is 35.4 Å². The summed E-state index contributed by atoms with van der Waals surface area (Å²) in [6.45, 7) is 11.3. The third-order valence-corrected chi connectivity index (χ3v) is 4.43. The number of amides is 1. The number of hydrogen-bond acceptors (Lipinski definition) is 4. The van der Waals surface area contributed by atoms with Crippen molar-refractivity contribution in [1.82, 2.24) is 10.2 Å². The Labute approximate surface area is 162 Å². The summed E-state index contributed by atoms with van der Waals surface area (Å²) in [5.41, 5.74) is 3.08. The first-order valence-corrected chi connectivity index (χ1v) is 9.62. The van der Waals surface area contributed by atoms with Gasteiger partial charge in [-0.1, -0.05) is 43.7 Å². The lowest BCUT2D eigenvalue weighted by molar-refractivity contribution is -0.118. The number of aryl methyl sites for hydroxylation is 1. The highest BCUT2D eigenvalue weighted by Crippen LogP contribution is 2.14. The molecule has 0 spiro atoms. The molecular weight excluding hydrogens is 338 g/mol. The highest BCUT2D eigenvalue weighted by atomic mass is 16.5. The summed E-state index contributed by atoms with van der Waals surface area (Å²) in [4.78, 5) is 14.4. The average molecular weight is 370 g/mol. The molecule has 0 heterocycles. The van der Waals surface area contributed by atoms with Gasteiger partial charge in [-0.25, -0.2) is 0 Å². The molecule has 0 aliphatic carbocycles. The second-order valence-electron chi connectivity index (χ2n) is 6.55. The summed E-state index contributed by atoms with van der Waals surface area (Å²) >= 11 is 0. The Balaban J connectivity index is 1.74. The number of hydrogen-bond donors (Lipinski definition) is 2. The van der Waals surface area contributed by atoms with Gasteiger partial charge < -0.3 is 20.3 Å². The van der Waals surface area contributed by atoms with Gasteiger partial charge in [0, 0.05) is 25.3 Å². The van der Waals surface area contributed by atoms with E-state index in [1.54, 1.807) is 0 Å². The topological polar surface area (TPSA) is 53.6 Å². The first-order chi connectivity index (χ1) is 13.1. The lowest BCUT2D eigenvalue weighted by Crippen LogP contribution is -2.31. The Hall–Kier alpha value is -2.37. The minimum Gasteiger partial charge on any atom is -0.484 e. The Morgan fingerprint density at radius 1 is 1.07 bits per heavy atom. The summed E-state index contributed by atoms with van der Waals surface area (Å²) in [6.07, 6.45) is 0. The molecule has 146 valence electrons. The van der Waals surface area contributed by atoms with Crippen LogP contribution in [-0.2, 0) is 11.3 Å². The second kappa shape index (κ2) is 11.4. The van der Waals surface area contributed by atoms with Gasteiger partial charge in [0.2, 0.25) is 0 Å². The van der Waals surface area contributed by atoms with E-state index in [4.69, 9.17) is 4.74 Å². The molecule has 27 heavy (non-hydrogen) atoms. The molecule has 0 saturated carbocycles. The van der Waals surface area contributed by atoms with Crippen molar-refractivity contribution in [2.75, 3.05) is 38.1 Å². The Kier molecular flexibility index (Phi) is 8.81. The third kappa shape index (κ3) is 7.81. The molecule has 0 radical (unpaired) electrons. The molecule has 5 heteroatoms. The van der Waals surface area contributed by atoms with Crippen LogP contribution < -0.4 is 15.4 Å². The highest BCUT2D eigenvalue weighted by molar-refractivity contribution is 5.91. The molecule has 1 amide bonds. The number of likely N-dealkylation sites (N-methyl/N-ethyl adjacent to an activating group) is 1. The van der Waals surface area contributed by atoms with Gasteiger partial charge in [-0.2, -0.15) is 0 Å². The minimum atomic E-state index is -0.165. The van der Waals surface area contributed by atoms with E-state index >= 15 is 0 Å². The zero-order valence-corrected chi connectivity index (χ0v) is 16.6. The molecule has 2 aromatic carbocycles. The summed E-state index contributed by atoms with van der Waals surface area (Å²) in [6, 6.07) is 15.6. The third-order valence-electron chi connectivity index (χ3n) is 4.43. The maximum Gasteiger partial charge on any atom is 0.262 e. The Morgan fingerprint density at radius 2 is 1.81 bits per heavy atom. The van der Waals surface area contributed by atoms with Crippen LogP contribution in [0.3, 0.4) is 0 Å². The van der Waals surface area contributed by atoms with E-state index < -0.39 is 0 Å². The van der Waals surface area contributed by atoms with E-state index in [9.17, 15) is 4.79 Å². The van der Waals surface area contributed by atoms with Gasteiger partial charge in [-0.15, -0.1) is 0 Å². The van der Waals surface area contributed by atoms with Crippen LogP contribution in [0.1, 0.15) is 25.0 Å². The first-order valence-electron chi connectivity index (χ1n) is 9.62. The predicted octanol–water partition coefficient (Wildman–Crippen LogP) is 3.44. The van der Waals surface area contributed by atoms with Gasteiger partial charge in [0.25, 0.3) is 5.91 Å². The van der Waals surface area contributed by atoms with Gasteiger partial charge >= 0.3 is 0 Å². The summed E-state index contributed by atoms with van der Waals surface area (Å²) in [5, 5.41) is 6.29. The van der Waals surface area contributed by atoms with Crippen molar-refractivity contribution >= 4 is 11.6 Å². The smallest absolute Gasteiger partial charge is 0.262 e. The van der Waals surface area contributed by atoms with Gasteiger partial charge in [0.15, 0.2) is 6.61 Å². The fourth-order valence-corrected chi connectivity index (χ4v) is 2.74. The molecule has 0 saturated heterocycles. The van der Waals surface area contributed by atoms with Crippen LogP contribution in [0.25, 0.3) is 0 Å². The number of benzene rings is 2. The number of carbonyl (C=O) groups is 1. The van der Waals surface area contributed by atoms with Crippen molar-refractivity contribution in [1.29, 1.82) is 0 Å². The van der Waals surface area contributed by atoms with E-state index in [-0.39, 0.29) is 12.5 Å². The van der Waals surface area contributed by atoms with Crippen LogP contribution in [-0.4, -0.2) is 43.6 Å². The highest BCUT2D eigenvalue weighted by Gasteiger charge is 2.05. The molecule has 0 fully saturated rings. The first kappa shape index (κ1) is 20.9. The molecule has 2 rings (SSSR count). The molecule has 0 aliphatic heterocycles. The monoisotopic (exact) mass is 369 g/mol. The van der Waals surface area contributed by atoms with Crippen LogP contribution in [0.4, 0.5) is 5.69 Å². The molecule has 2 N–H and O–H groups in total. The summed E-state index contributed by atoms with van der Waals surface area (Å²) < 4.78 is 5.64. The molecule has 5 nitrogen and oxygen atoms in total. The maximum atomic E-state index is 12.0. The van der Waals surface area contributed by atoms with Crippen molar-refractivity contribution in [3.63, 3.8) is 0 Å². The normalized spacial score (nSPS) is 10.8. The van der Waals surface area contributed by atoms with Crippen LogP contribution >= 0.6 is 0 Å². The number of nitrogens with zero attached hydrogens (tertiary/aromatic N) is 1. The van der Waals surface area contributed by atoms with E-state index in [1.807, 2.05) is 49.4 Å². The molecule has 0 aromatic heterocycles. The zero-order chi connectivity index (χ0) is 19.5. The fourth-order valence-electron chi connectivity index (χ4n) is 2.74. The van der Waals surface area contributed by atoms with Crippen molar-refractivity contribution < 1.29 is 9.53 Å². The molecule has 0 aliphatic rings. The maximum absolute atomic E-state index is 12.0. The number of ether oxygens (including phenoxy) is 1. The van der Waals surface area contributed by atoms with Gasteiger partial charge in [-0.05, 0) is 49.8 Å². The Bertz CT molecular complexity index is 697. The largest absolute Gasteiger partial charge is 0.484 e. The second-order valence-corrected chi connectivity index (χ2v) is 6.55. The van der Waals surface area contributed by atoms with Gasteiger partial charge in [0.1, 0.15) is 5.75 Å². The standard InChI is InChI=1S/C22H31N3O2/c1-4-25(5-2)14-13-23-16-19-7-6-8-21(15-19)27-17-22(26)24-20-11-9-18(3)10-12-20/h6-12,15,23H,4-5,13-14,16-17H2,1-3H3,(H,24,26). The van der Waals surface area contributed by atoms with Crippen LogP contribution in [0.2, 0.25) is 0 Å². The molecular formula is C22H31N3O2. The number of carbonyl (C=O) groups excluding carboxylic acids is 1. The van der Waals surface area contributed by atoms with Crippen LogP contribution in [0, 0.1) is 6.92 Å². The van der Waals surface area contributed by atoms with E-state index in [0.29, 0.717) is 5.75 Å². The molecule has 0 atom stereocenters. The lowest BCUT2D eigenvalue weighted by atomic mass is 10.2. The quantitative estimate of drug-likeness (QED) is 0.596. The minimum absolute atomic E-state index is 0.00722. The van der Waals surface area contributed by atoms with Crippen molar-refractivity contribution in [3.8, 4) is 5.75 Å². The van der Waals surface area contributed by atoms with Gasteiger partial charge in [0.05, 0.1) is 0 Å². The fraction of sp³-hybridized carbons (Fsp3) is 0.409.